The minimum atomic E-state index is 0.381. The van der Waals surface area contributed by atoms with E-state index in [-0.39, 0.29) is 0 Å². The first-order valence-electron chi connectivity index (χ1n) is 4.78. The standard InChI is InChI=1S/C11H11BrN2O2/c1-7-3-4-9(8(5-7)6-15-2)10-13-14-11(12)16-10/h3-5H,6H2,1-2H3. The molecule has 0 amide bonds. The molecule has 0 saturated heterocycles. The molecule has 0 fully saturated rings. The van der Waals surface area contributed by atoms with Gasteiger partial charge in [0.05, 0.1) is 6.61 Å². The number of aryl methyl sites for hydroxylation is 1. The van der Waals surface area contributed by atoms with Crippen LogP contribution in [-0.2, 0) is 11.3 Å². The van der Waals surface area contributed by atoms with Gasteiger partial charge >= 0.3 is 0 Å². The average molecular weight is 283 g/mol. The Morgan fingerprint density at radius 2 is 2.19 bits per heavy atom. The monoisotopic (exact) mass is 282 g/mol. The Kier molecular flexibility index (Phi) is 3.36. The Bertz CT molecular complexity index is 496. The highest BCUT2D eigenvalue weighted by Gasteiger charge is 2.11. The number of benzene rings is 1. The second-order valence-electron chi connectivity index (χ2n) is 3.45. The zero-order valence-electron chi connectivity index (χ0n) is 9.03. The first kappa shape index (κ1) is 11.3. The van der Waals surface area contributed by atoms with Crippen LogP contribution in [0.15, 0.2) is 27.4 Å². The zero-order valence-corrected chi connectivity index (χ0v) is 10.6. The van der Waals surface area contributed by atoms with Gasteiger partial charge in [0.15, 0.2) is 0 Å². The molecule has 2 aromatic rings. The Hall–Kier alpha value is -1.20. The van der Waals surface area contributed by atoms with Crippen LogP contribution in [0.4, 0.5) is 0 Å². The van der Waals surface area contributed by atoms with Crippen LogP contribution >= 0.6 is 15.9 Å². The highest BCUT2D eigenvalue weighted by atomic mass is 79.9. The van der Waals surface area contributed by atoms with Crippen molar-refractivity contribution in [2.75, 3.05) is 7.11 Å². The topological polar surface area (TPSA) is 48.2 Å². The highest BCUT2D eigenvalue weighted by Crippen LogP contribution is 2.25. The fourth-order valence-corrected chi connectivity index (χ4v) is 1.75. The van der Waals surface area contributed by atoms with Crippen LogP contribution in [-0.4, -0.2) is 17.3 Å². The fourth-order valence-electron chi connectivity index (χ4n) is 1.52. The van der Waals surface area contributed by atoms with Crippen molar-refractivity contribution in [3.8, 4) is 11.5 Å². The molecule has 0 aliphatic heterocycles. The predicted octanol–water partition coefficient (Wildman–Crippen LogP) is 2.95. The SMILES string of the molecule is COCc1cc(C)ccc1-c1nnc(Br)o1. The molecule has 2 rings (SSSR count). The van der Waals surface area contributed by atoms with Gasteiger partial charge in [-0.2, -0.15) is 0 Å². The van der Waals surface area contributed by atoms with Gasteiger partial charge in [0.1, 0.15) is 0 Å². The molecule has 84 valence electrons. The molecule has 4 nitrogen and oxygen atoms in total. The zero-order chi connectivity index (χ0) is 11.5. The van der Waals surface area contributed by atoms with E-state index in [4.69, 9.17) is 9.15 Å². The van der Waals surface area contributed by atoms with Crippen LogP contribution < -0.4 is 0 Å². The Balaban J connectivity index is 2.47. The summed E-state index contributed by atoms with van der Waals surface area (Å²) in [5.74, 6) is 0.499. The van der Waals surface area contributed by atoms with Gasteiger partial charge in [0.25, 0.3) is 4.80 Å². The van der Waals surface area contributed by atoms with Crippen molar-refractivity contribution in [1.82, 2.24) is 10.2 Å². The minimum Gasteiger partial charge on any atom is -0.411 e. The van der Waals surface area contributed by atoms with Crippen molar-refractivity contribution in [2.24, 2.45) is 0 Å². The highest BCUT2D eigenvalue weighted by molar-refractivity contribution is 9.10. The molecule has 16 heavy (non-hydrogen) atoms. The molecule has 0 bridgehead atoms. The maximum absolute atomic E-state index is 5.34. The smallest absolute Gasteiger partial charge is 0.285 e. The molecule has 0 unspecified atom stereocenters. The quantitative estimate of drug-likeness (QED) is 0.869. The number of ether oxygens (including phenoxy) is 1. The van der Waals surface area contributed by atoms with E-state index in [1.807, 2.05) is 19.1 Å². The van der Waals surface area contributed by atoms with E-state index in [0.717, 1.165) is 11.1 Å². The number of methoxy groups -OCH3 is 1. The molecular formula is C11H11BrN2O2. The van der Waals surface area contributed by atoms with E-state index < -0.39 is 0 Å². The van der Waals surface area contributed by atoms with Gasteiger partial charge in [-0.3, -0.25) is 0 Å². The molecule has 1 aromatic heterocycles. The number of aromatic nitrogens is 2. The number of hydrogen-bond donors (Lipinski definition) is 0. The van der Waals surface area contributed by atoms with E-state index in [0.29, 0.717) is 17.3 Å². The molecule has 0 atom stereocenters. The summed E-state index contributed by atoms with van der Waals surface area (Å²) in [4.78, 5) is 0.381. The number of halogens is 1. The fraction of sp³-hybridized carbons (Fsp3) is 0.273. The van der Waals surface area contributed by atoms with Crippen LogP contribution in [0.1, 0.15) is 11.1 Å². The second kappa shape index (κ2) is 4.76. The van der Waals surface area contributed by atoms with Crippen LogP contribution in [0.5, 0.6) is 0 Å². The Morgan fingerprint density at radius 1 is 1.38 bits per heavy atom. The average Bonchev–Trinajstić information content (AvgIpc) is 2.65. The number of hydrogen-bond acceptors (Lipinski definition) is 4. The molecule has 0 aliphatic carbocycles. The third-order valence-corrected chi connectivity index (χ3v) is 2.51. The predicted molar refractivity (Wildman–Crippen MR) is 62.9 cm³/mol. The maximum atomic E-state index is 5.34. The first-order valence-corrected chi connectivity index (χ1v) is 5.58. The van der Waals surface area contributed by atoms with E-state index in [1.54, 1.807) is 7.11 Å². The Morgan fingerprint density at radius 3 is 2.81 bits per heavy atom. The summed E-state index contributed by atoms with van der Waals surface area (Å²) in [6.45, 7) is 2.56. The normalized spacial score (nSPS) is 10.7. The molecule has 0 aliphatic rings. The van der Waals surface area contributed by atoms with Crippen LogP contribution in [0.2, 0.25) is 0 Å². The molecule has 1 heterocycles. The second-order valence-corrected chi connectivity index (χ2v) is 4.13. The summed E-state index contributed by atoms with van der Waals surface area (Å²) in [6, 6.07) is 6.02. The lowest BCUT2D eigenvalue weighted by molar-refractivity contribution is 0.185. The molecule has 5 heteroatoms. The van der Waals surface area contributed by atoms with Crippen molar-refractivity contribution in [1.29, 1.82) is 0 Å². The van der Waals surface area contributed by atoms with Crippen LogP contribution in [0, 0.1) is 6.92 Å². The van der Waals surface area contributed by atoms with Crippen molar-refractivity contribution in [2.45, 2.75) is 13.5 Å². The van der Waals surface area contributed by atoms with Crippen LogP contribution in [0.25, 0.3) is 11.5 Å². The summed E-state index contributed by atoms with van der Waals surface area (Å²) in [7, 11) is 1.66. The van der Waals surface area contributed by atoms with Gasteiger partial charge in [-0.1, -0.05) is 17.7 Å². The van der Waals surface area contributed by atoms with Crippen LogP contribution in [0.3, 0.4) is 0 Å². The van der Waals surface area contributed by atoms with Crippen molar-refractivity contribution >= 4 is 15.9 Å². The molecule has 1 aromatic carbocycles. The van der Waals surface area contributed by atoms with Gasteiger partial charge in [0.2, 0.25) is 5.89 Å². The molecular weight excluding hydrogens is 272 g/mol. The Labute approximate surface area is 102 Å². The van der Waals surface area contributed by atoms with Crippen molar-refractivity contribution < 1.29 is 9.15 Å². The van der Waals surface area contributed by atoms with E-state index in [9.17, 15) is 0 Å². The van der Waals surface area contributed by atoms with E-state index in [2.05, 4.69) is 32.2 Å². The lowest BCUT2D eigenvalue weighted by Crippen LogP contribution is -1.93. The largest absolute Gasteiger partial charge is 0.411 e. The summed E-state index contributed by atoms with van der Waals surface area (Å²) < 4.78 is 10.5. The summed E-state index contributed by atoms with van der Waals surface area (Å²) in [6.07, 6.45) is 0. The van der Waals surface area contributed by atoms with Gasteiger partial charge in [-0.05, 0) is 18.6 Å². The van der Waals surface area contributed by atoms with Crippen molar-refractivity contribution in [3.63, 3.8) is 0 Å². The van der Waals surface area contributed by atoms with Gasteiger partial charge in [-0.25, -0.2) is 0 Å². The molecule has 0 spiro atoms. The van der Waals surface area contributed by atoms with Crippen molar-refractivity contribution in [3.05, 3.63) is 34.1 Å². The lowest BCUT2D eigenvalue weighted by Gasteiger charge is -2.06. The van der Waals surface area contributed by atoms with Gasteiger partial charge in [0, 0.05) is 28.6 Å². The minimum absolute atomic E-state index is 0.381. The lowest BCUT2D eigenvalue weighted by atomic mass is 10.1. The maximum Gasteiger partial charge on any atom is 0.285 e. The van der Waals surface area contributed by atoms with E-state index >= 15 is 0 Å². The summed E-state index contributed by atoms with van der Waals surface area (Å²) >= 11 is 3.14. The molecule has 0 saturated carbocycles. The van der Waals surface area contributed by atoms with Gasteiger partial charge in [-0.15, -0.1) is 10.2 Å². The number of rotatable bonds is 3. The summed E-state index contributed by atoms with van der Waals surface area (Å²) in [5.41, 5.74) is 3.12. The molecule has 0 N–H and O–H groups in total. The molecule has 0 radical (unpaired) electrons. The summed E-state index contributed by atoms with van der Waals surface area (Å²) in [5, 5.41) is 7.72. The third kappa shape index (κ3) is 2.31. The number of nitrogens with zero attached hydrogens (tertiary/aromatic N) is 2. The van der Waals surface area contributed by atoms with E-state index in [1.165, 1.54) is 5.56 Å². The van der Waals surface area contributed by atoms with Gasteiger partial charge < -0.3 is 9.15 Å². The first-order chi connectivity index (χ1) is 7.70. The third-order valence-electron chi connectivity index (χ3n) is 2.19.